The third-order valence-electron chi connectivity index (χ3n) is 3.60. The standard InChI is InChI=1S/C14H30N4/c1-4-13(3)17-14(15)16-10-12(2)11-18-8-6-5-7-9-18/h12-13H,4-11H2,1-3H3,(H3,15,16,17). The number of rotatable bonds is 6. The molecule has 1 heterocycles. The molecule has 2 atom stereocenters. The van der Waals surface area contributed by atoms with Crippen LogP contribution in [0.3, 0.4) is 0 Å². The Labute approximate surface area is 112 Å². The minimum absolute atomic E-state index is 0.408. The average molecular weight is 254 g/mol. The number of hydrogen-bond acceptors (Lipinski definition) is 2. The maximum Gasteiger partial charge on any atom is 0.188 e. The normalized spacial score (nSPS) is 21.6. The summed E-state index contributed by atoms with van der Waals surface area (Å²) in [5.41, 5.74) is 5.86. The molecule has 1 fully saturated rings. The van der Waals surface area contributed by atoms with Gasteiger partial charge in [-0.15, -0.1) is 0 Å². The van der Waals surface area contributed by atoms with Crippen LogP contribution in [0.2, 0.25) is 0 Å². The Balaban J connectivity index is 2.22. The van der Waals surface area contributed by atoms with Crippen LogP contribution < -0.4 is 11.1 Å². The SMILES string of the molecule is CCC(C)NC(N)=NCC(C)CN1CCCCC1. The van der Waals surface area contributed by atoms with Gasteiger partial charge in [-0.25, -0.2) is 0 Å². The van der Waals surface area contributed by atoms with Crippen LogP contribution in [-0.4, -0.2) is 43.1 Å². The molecule has 4 heteroatoms. The minimum atomic E-state index is 0.408. The number of nitrogens with one attached hydrogen (secondary N) is 1. The highest BCUT2D eigenvalue weighted by molar-refractivity contribution is 5.78. The third kappa shape index (κ3) is 6.24. The first-order valence-electron chi connectivity index (χ1n) is 7.40. The van der Waals surface area contributed by atoms with Crippen LogP contribution in [0.1, 0.15) is 46.5 Å². The molecule has 18 heavy (non-hydrogen) atoms. The van der Waals surface area contributed by atoms with Crippen LogP contribution >= 0.6 is 0 Å². The van der Waals surface area contributed by atoms with E-state index in [1.807, 2.05) is 0 Å². The lowest BCUT2D eigenvalue weighted by molar-refractivity contribution is 0.203. The molecule has 2 unspecified atom stereocenters. The summed E-state index contributed by atoms with van der Waals surface area (Å²) in [7, 11) is 0. The quantitative estimate of drug-likeness (QED) is 0.561. The first-order chi connectivity index (χ1) is 8.61. The van der Waals surface area contributed by atoms with Crippen molar-refractivity contribution in [3.63, 3.8) is 0 Å². The van der Waals surface area contributed by atoms with Gasteiger partial charge in [-0.1, -0.05) is 20.3 Å². The molecule has 0 amide bonds. The Morgan fingerprint density at radius 3 is 2.56 bits per heavy atom. The van der Waals surface area contributed by atoms with Crippen LogP contribution in [-0.2, 0) is 0 Å². The number of hydrogen-bond donors (Lipinski definition) is 2. The highest BCUT2D eigenvalue weighted by Gasteiger charge is 2.13. The van der Waals surface area contributed by atoms with E-state index < -0.39 is 0 Å². The summed E-state index contributed by atoms with van der Waals surface area (Å²) in [4.78, 5) is 6.99. The fourth-order valence-corrected chi connectivity index (χ4v) is 2.29. The van der Waals surface area contributed by atoms with Crippen LogP contribution in [0.4, 0.5) is 0 Å². The number of aliphatic imine (C=N–C) groups is 1. The molecule has 0 aromatic carbocycles. The Hall–Kier alpha value is -0.770. The number of piperidine rings is 1. The van der Waals surface area contributed by atoms with Gasteiger partial charge in [0.1, 0.15) is 0 Å². The van der Waals surface area contributed by atoms with E-state index in [9.17, 15) is 0 Å². The van der Waals surface area contributed by atoms with E-state index in [1.165, 1.54) is 32.4 Å². The summed E-state index contributed by atoms with van der Waals surface area (Å²) in [6.45, 7) is 11.0. The summed E-state index contributed by atoms with van der Waals surface area (Å²) >= 11 is 0. The van der Waals surface area contributed by atoms with E-state index in [1.54, 1.807) is 0 Å². The second kappa shape index (κ2) is 8.35. The third-order valence-corrected chi connectivity index (χ3v) is 3.60. The van der Waals surface area contributed by atoms with Crippen LogP contribution in [0.5, 0.6) is 0 Å². The van der Waals surface area contributed by atoms with Gasteiger partial charge in [0, 0.05) is 19.1 Å². The van der Waals surface area contributed by atoms with Crippen molar-refractivity contribution in [2.24, 2.45) is 16.6 Å². The van der Waals surface area contributed by atoms with E-state index >= 15 is 0 Å². The van der Waals surface area contributed by atoms with Crippen LogP contribution in [0.25, 0.3) is 0 Å². The molecule has 0 saturated carbocycles. The van der Waals surface area contributed by atoms with Crippen molar-refractivity contribution in [3.05, 3.63) is 0 Å². The lowest BCUT2D eigenvalue weighted by atomic mass is 10.1. The van der Waals surface area contributed by atoms with E-state index in [0.29, 0.717) is 17.9 Å². The molecule has 0 radical (unpaired) electrons. The molecule has 0 aromatic rings. The summed E-state index contributed by atoms with van der Waals surface area (Å²) < 4.78 is 0. The van der Waals surface area contributed by atoms with Crippen molar-refractivity contribution < 1.29 is 0 Å². The Kier molecular flexibility index (Phi) is 7.09. The molecule has 0 bridgehead atoms. The lowest BCUT2D eigenvalue weighted by Crippen LogP contribution is -2.39. The topological polar surface area (TPSA) is 53.6 Å². The highest BCUT2D eigenvalue weighted by Crippen LogP contribution is 2.10. The molecule has 106 valence electrons. The van der Waals surface area contributed by atoms with Gasteiger partial charge in [-0.3, -0.25) is 4.99 Å². The lowest BCUT2D eigenvalue weighted by Gasteiger charge is -2.28. The van der Waals surface area contributed by atoms with Crippen molar-refractivity contribution in [2.45, 2.75) is 52.5 Å². The smallest absolute Gasteiger partial charge is 0.188 e. The molecular weight excluding hydrogens is 224 g/mol. The van der Waals surface area contributed by atoms with Gasteiger partial charge in [0.25, 0.3) is 0 Å². The molecular formula is C14H30N4. The van der Waals surface area contributed by atoms with E-state index in [0.717, 1.165) is 19.5 Å². The zero-order valence-corrected chi connectivity index (χ0v) is 12.3. The van der Waals surface area contributed by atoms with Crippen LogP contribution in [0.15, 0.2) is 4.99 Å². The summed E-state index contributed by atoms with van der Waals surface area (Å²) in [5, 5.41) is 3.20. The van der Waals surface area contributed by atoms with Crippen molar-refractivity contribution >= 4 is 5.96 Å². The molecule has 0 aromatic heterocycles. The second-order valence-electron chi connectivity index (χ2n) is 5.65. The van der Waals surface area contributed by atoms with Crippen molar-refractivity contribution in [3.8, 4) is 0 Å². The summed E-state index contributed by atoms with van der Waals surface area (Å²) in [5.74, 6) is 1.18. The Morgan fingerprint density at radius 2 is 1.94 bits per heavy atom. The summed E-state index contributed by atoms with van der Waals surface area (Å²) in [6, 6.07) is 0.408. The van der Waals surface area contributed by atoms with Crippen molar-refractivity contribution in [2.75, 3.05) is 26.2 Å². The highest BCUT2D eigenvalue weighted by atomic mass is 15.1. The molecule has 0 spiro atoms. The maximum atomic E-state index is 5.86. The number of likely N-dealkylation sites (tertiary alicyclic amines) is 1. The largest absolute Gasteiger partial charge is 0.370 e. The van der Waals surface area contributed by atoms with E-state index in [-0.39, 0.29) is 0 Å². The van der Waals surface area contributed by atoms with Crippen molar-refractivity contribution in [1.29, 1.82) is 0 Å². The van der Waals surface area contributed by atoms with Crippen LogP contribution in [0, 0.1) is 5.92 Å². The fourth-order valence-electron chi connectivity index (χ4n) is 2.29. The van der Waals surface area contributed by atoms with E-state index in [4.69, 9.17) is 5.73 Å². The van der Waals surface area contributed by atoms with Crippen molar-refractivity contribution in [1.82, 2.24) is 10.2 Å². The van der Waals surface area contributed by atoms with Gasteiger partial charge in [0.15, 0.2) is 5.96 Å². The zero-order valence-electron chi connectivity index (χ0n) is 12.3. The first kappa shape index (κ1) is 15.3. The fraction of sp³-hybridized carbons (Fsp3) is 0.929. The minimum Gasteiger partial charge on any atom is -0.370 e. The van der Waals surface area contributed by atoms with Gasteiger partial charge < -0.3 is 16.0 Å². The van der Waals surface area contributed by atoms with Gasteiger partial charge in [-0.05, 0) is 45.2 Å². The Morgan fingerprint density at radius 1 is 1.28 bits per heavy atom. The maximum absolute atomic E-state index is 5.86. The average Bonchev–Trinajstić information content (AvgIpc) is 2.37. The summed E-state index contributed by atoms with van der Waals surface area (Å²) in [6.07, 6.45) is 5.18. The predicted molar refractivity (Wildman–Crippen MR) is 78.8 cm³/mol. The Bertz CT molecular complexity index is 246. The molecule has 1 rings (SSSR count). The van der Waals surface area contributed by atoms with Gasteiger partial charge in [0.2, 0.25) is 0 Å². The number of guanidine groups is 1. The van der Waals surface area contributed by atoms with Gasteiger partial charge in [-0.2, -0.15) is 0 Å². The molecule has 1 aliphatic rings. The molecule has 4 nitrogen and oxygen atoms in total. The van der Waals surface area contributed by atoms with Gasteiger partial charge >= 0.3 is 0 Å². The number of nitrogens with zero attached hydrogens (tertiary/aromatic N) is 2. The number of nitrogens with two attached hydrogens (primary N) is 1. The first-order valence-corrected chi connectivity index (χ1v) is 7.40. The van der Waals surface area contributed by atoms with E-state index in [2.05, 4.69) is 36.0 Å². The van der Waals surface area contributed by atoms with Gasteiger partial charge in [0.05, 0.1) is 0 Å². The molecule has 1 aliphatic heterocycles. The zero-order chi connectivity index (χ0) is 13.4. The second-order valence-corrected chi connectivity index (χ2v) is 5.65. The molecule has 3 N–H and O–H groups in total. The predicted octanol–water partition coefficient (Wildman–Crippen LogP) is 1.81. The molecule has 1 saturated heterocycles. The molecule has 0 aliphatic carbocycles. The monoisotopic (exact) mass is 254 g/mol.